The Hall–Kier alpha value is -2.20. The van der Waals surface area contributed by atoms with Gasteiger partial charge in [0.15, 0.2) is 0 Å². The monoisotopic (exact) mass is 309 g/mol. The highest BCUT2D eigenvalue weighted by atomic mass is 16.2. The summed E-state index contributed by atoms with van der Waals surface area (Å²) in [7, 11) is 0. The normalized spacial score (nSPS) is 16.5. The molecule has 1 fully saturated rings. The maximum atomic E-state index is 12.0. The Balaban J connectivity index is 1.58. The van der Waals surface area contributed by atoms with Crippen LogP contribution in [0.25, 0.3) is 10.8 Å². The lowest BCUT2D eigenvalue weighted by Gasteiger charge is -2.17. The topological polar surface area (TPSA) is 44.7 Å². The molecule has 4 nitrogen and oxygen atoms in total. The summed E-state index contributed by atoms with van der Waals surface area (Å²) in [5.41, 5.74) is 3.66. The summed E-state index contributed by atoms with van der Waals surface area (Å²) in [6.45, 7) is 2.47. The van der Waals surface area contributed by atoms with Crippen LogP contribution in [0.15, 0.2) is 47.6 Å². The second kappa shape index (κ2) is 7.88. The molecule has 0 spiro atoms. The van der Waals surface area contributed by atoms with Crippen molar-refractivity contribution in [2.75, 3.05) is 19.6 Å². The molecule has 1 N–H and O–H groups in total. The highest BCUT2D eigenvalue weighted by molar-refractivity contribution is 5.99. The van der Waals surface area contributed by atoms with E-state index in [0.717, 1.165) is 24.0 Å². The quantitative estimate of drug-likeness (QED) is 0.696. The zero-order valence-corrected chi connectivity index (χ0v) is 13.4. The second-order valence-corrected chi connectivity index (χ2v) is 6.05. The number of carbonyl (C=O) groups is 1. The van der Waals surface area contributed by atoms with E-state index in [9.17, 15) is 4.79 Å². The number of carbonyl (C=O) groups excluding carboxylic acids is 1. The third-order valence-electron chi connectivity index (χ3n) is 4.28. The standard InChI is InChI=1S/C19H23N3O/c23-19(15-22-12-5-1-2-6-13-22)21-20-14-17-10-7-9-16-8-3-4-11-18(16)17/h3-4,7-11,14H,1-2,5-6,12-13,15H2,(H,21,23)/b20-14-. The van der Waals surface area contributed by atoms with Crippen LogP contribution < -0.4 is 5.43 Å². The number of nitrogens with one attached hydrogen (secondary N) is 1. The van der Waals surface area contributed by atoms with Crippen LogP contribution in [0, 0.1) is 0 Å². The minimum Gasteiger partial charge on any atom is -0.294 e. The number of hydrogen-bond donors (Lipinski definition) is 1. The number of hydrazone groups is 1. The molecule has 23 heavy (non-hydrogen) atoms. The first-order valence-electron chi connectivity index (χ1n) is 8.35. The molecule has 120 valence electrons. The van der Waals surface area contributed by atoms with Crippen LogP contribution in [0.4, 0.5) is 0 Å². The van der Waals surface area contributed by atoms with Gasteiger partial charge in [-0.1, -0.05) is 55.3 Å². The molecule has 1 amide bonds. The first-order chi connectivity index (χ1) is 11.3. The minimum atomic E-state index is -0.0385. The summed E-state index contributed by atoms with van der Waals surface area (Å²) in [5, 5.41) is 6.44. The largest absolute Gasteiger partial charge is 0.294 e. The Kier molecular flexibility index (Phi) is 5.37. The molecule has 0 aliphatic carbocycles. The number of amides is 1. The average Bonchev–Trinajstić information content (AvgIpc) is 2.84. The van der Waals surface area contributed by atoms with E-state index in [1.165, 1.54) is 31.1 Å². The molecular formula is C19H23N3O. The molecule has 2 aromatic carbocycles. The van der Waals surface area contributed by atoms with Crippen molar-refractivity contribution >= 4 is 22.9 Å². The molecule has 0 bridgehead atoms. The fourth-order valence-electron chi connectivity index (χ4n) is 3.07. The van der Waals surface area contributed by atoms with E-state index >= 15 is 0 Å². The van der Waals surface area contributed by atoms with Crippen LogP contribution in [0.2, 0.25) is 0 Å². The summed E-state index contributed by atoms with van der Waals surface area (Å²) in [4.78, 5) is 14.2. The van der Waals surface area contributed by atoms with E-state index in [1.54, 1.807) is 6.21 Å². The van der Waals surface area contributed by atoms with Crippen LogP contribution in [0.3, 0.4) is 0 Å². The molecule has 0 unspecified atom stereocenters. The van der Waals surface area contributed by atoms with Crippen LogP contribution >= 0.6 is 0 Å². The fraction of sp³-hybridized carbons (Fsp3) is 0.368. The van der Waals surface area contributed by atoms with E-state index in [4.69, 9.17) is 0 Å². The lowest BCUT2D eigenvalue weighted by atomic mass is 10.1. The lowest BCUT2D eigenvalue weighted by Crippen LogP contribution is -2.35. The summed E-state index contributed by atoms with van der Waals surface area (Å²) >= 11 is 0. The molecule has 4 heteroatoms. The molecule has 2 aromatic rings. The number of nitrogens with zero attached hydrogens (tertiary/aromatic N) is 2. The number of benzene rings is 2. The van der Waals surface area contributed by atoms with E-state index in [1.807, 2.05) is 24.3 Å². The molecule has 1 aliphatic rings. The first kappa shape index (κ1) is 15.7. The average molecular weight is 309 g/mol. The van der Waals surface area contributed by atoms with Gasteiger partial charge in [-0.05, 0) is 36.7 Å². The molecule has 0 saturated carbocycles. The van der Waals surface area contributed by atoms with Gasteiger partial charge in [-0.2, -0.15) is 5.10 Å². The molecule has 1 aliphatic heterocycles. The number of likely N-dealkylation sites (tertiary alicyclic amines) is 1. The molecule has 1 heterocycles. The van der Waals surface area contributed by atoms with E-state index in [2.05, 4.69) is 33.6 Å². The van der Waals surface area contributed by atoms with Gasteiger partial charge in [0.2, 0.25) is 0 Å². The Morgan fingerprint density at radius 1 is 1.04 bits per heavy atom. The van der Waals surface area contributed by atoms with Crippen molar-refractivity contribution in [2.45, 2.75) is 25.7 Å². The number of fused-ring (bicyclic) bond motifs is 1. The Labute approximate surface area is 137 Å². The van der Waals surface area contributed by atoms with Crippen LogP contribution in [0.5, 0.6) is 0 Å². The van der Waals surface area contributed by atoms with Gasteiger partial charge in [-0.25, -0.2) is 5.43 Å². The Bertz CT molecular complexity index is 683. The van der Waals surface area contributed by atoms with Gasteiger partial charge >= 0.3 is 0 Å². The fourth-order valence-corrected chi connectivity index (χ4v) is 3.07. The molecule has 1 saturated heterocycles. The van der Waals surface area contributed by atoms with Crippen molar-refractivity contribution in [1.29, 1.82) is 0 Å². The van der Waals surface area contributed by atoms with Gasteiger partial charge in [0.05, 0.1) is 12.8 Å². The van der Waals surface area contributed by atoms with Crippen molar-refractivity contribution in [1.82, 2.24) is 10.3 Å². The predicted molar refractivity (Wildman–Crippen MR) is 94.6 cm³/mol. The van der Waals surface area contributed by atoms with Crippen molar-refractivity contribution in [2.24, 2.45) is 5.10 Å². The Morgan fingerprint density at radius 2 is 1.78 bits per heavy atom. The molecule has 3 rings (SSSR count). The number of rotatable bonds is 4. The molecular weight excluding hydrogens is 286 g/mol. The minimum absolute atomic E-state index is 0.0385. The van der Waals surface area contributed by atoms with Gasteiger partial charge in [0, 0.05) is 5.56 Å². The zero-order chi connectivity index (χ0) is 15.9. The third-order valence-corrected chi connectivity index (χ3v) is 4.28. The lowest BCUT2D eigenvalue weighted by molar-refractivity contribution is -0.122. The SMILES string of the molecule is O=C(CN1CCCCCC1)N/N=C\c1cccc2ccccc12. The van der Waals surface area contributed by atoms with Crippen LogP contribution in [-0.4, -0.2) is 36.7 Å². The Morgan fingerprint density at radius 3 is 2.61 bits per heavy atom. The molecule has 0 aromatic heterocycles. The predicted octanol–water partition coefficient (Wildman–Crippen LogP) is 3.17. The summed E-state index contributed by atoms with van der Waals surface area (Å²) in [5.74, 6) is -0.0385. The van der Waals surface area contributed by atoms with Crippen molar-refractivity contribution in [3.8, 4) is 0 Å². The van der Waals surface area contributed by atoms with Gasteiger partial charge in [-0.3, -0.25) is 9.69 Å². The van der Waals surface area contributed by atoms with Crippen LogP contribution in [0.1, 0.15) is 31.2 Å². The highest BCUT2D eigenvalue weighted by Crippen LogP contribution is 2.16. The zero-order valence-electron chi connectivity index (χ0n) is 13.4. The van der Waals surface area contributed by atoms with Crippen molar-refractivity contribution in [3.05, 3.63) is 48.0 Å². The van der Waals surface area contributed by atoms with Gasteiger partial charge in [-0.15, -0.1) is 0 Å². The van der Waals surface area contributed by atoms with Crippen LogP contribution in [-0.2, 0) is 4.79 Å². The van der Waals surface area contributed by atoms with Crippen molar-refractivity contribution < 1.29 is 4.79 Å². The molecule has 0 atom stereocenters. The highest BCUT2D eigenvalue weighted by Gasteiger charge is 2.12. The molecule has 0 radical (unpaired) electrons. The summed E-state index contributed by atoms with van der Waals surface area (Å²) < 4.78 is 0. The van der Waals surface area contributed by atoms with Gasteiger partial charge in [0.25, 0.3) is 5.91 Å². The first-order valence-corrected chi connectivity index (χ1v) is 8.35. The maximum Gasteiger partial charge on any atom is 0.254 e. The van der Waals surface area contributed by atoms with E-state index in [0.29, 0.717) is 6.54 Å². The number of hydrogen-bond acceptors (Lipinski definition) is 3. The van der Waals surface area contributed by atoms with Gasteiger partial charge in [0.1, 0.15) is 0 Å². The van der Waals surface area contributed by atoms with Crippen molar-refractivity contribution in [3.63, 3.8) is 0 Å². The summed E-state index contributed by atoms with van der Waals surface area (Å²) in [6, 6.07) is 14.3. The van der Waals surface area contributed by atoms with Gasteiger partial charge < -0.3 is 0 Å². The summed E-state index contributed by atoms with van der Waals surface area (Å²) in [6.07, 6.45) is 6.65. The van der Waals surface area contributed by atoms with E-state index < -0.39 is 0 Å². The second-order valence-electron chi connectivity index (χ2n) is 6.05. The van der Waals surface area contributed by atoms with E-state index in [-0.39, 0.29) is 5.91 Å². The third kappa shape index (κ3) is 4.39. The maximum absolute atomic E-state index is 12.0. The smallest absolute Gasteiger partial charge is 0.254 e.